The van der Waals surface area contributed by atoms with Gasteiger partial charge in [-0.25, -0.2) is 4.98 Å². The summed E-state index contributed by atoms with van der Waals surface area (Å²) in [6.45, 7) is 0. The second-order valence-electron chi connectivity index (χ2n) is 4.50. The molecule has 3 rings (SSSR count). The molecule has 2 aromatic carbocycles. The van der Waals surface area contributed by atoms with Gasteiger partial charge in [-0.05, 0) is 24.3 Å². The molecule has 2 N–H and O–H groups in total. The number of thioether (sulfide) groups is 1. The maximum atomic E-state index is 11.9. The third kappa shape index (κ3) is 4.09. The molecule has 0 bridgehead atoms. The van der Waals surface area contributed by atoms with E-state index in [-0.39, 0.29) is 5.91 Å². The van der Waals surface area contributed by atoms with Crippen LogP contribution in [0.15, 0.2) is 47.4 Å². The largest absolute Gasteiger partial charge is 0.273 e. The summed E-state index contributed by atoms with van der Waals surface area (Å²) in [7, 11) is 0. The van der Waals surface area contributed by atoms with Crippen molar-refractivity contribution in [2.45, 2.75) is 4.90 Å². The van der Waals surface area contributed by atoms with Crippen molar-refractivity contribution >= 4 is 67.6 Å². The number of fused-ring (bicyclic) bond motifs is 1. The fourth-order valence-electron chi connectivity index (χ4n) is 1.82. The zero-order valence-corrected chi connectivity index (χ0v) is 14.8. The van der Waals surface area contributed by atoms with E-state index in [9.17, 15) is 4.79 Å². The van der Waals surface area contributed by atoms with Gasteiger partial charge >= 0.3 is 0 Å². The lowest BCUT2D eigenvalue weighted by Gasteiger charge is -2.05. The van der Waals surface area contributed by atoms with Crippen LogP contribution in [-0.2, 0) is 4.79 Å². The summed E-state index contributed by atoms with van der Waals surface area (Å²) < 4.78 is 0.787. The minimum atomic E-state index is -0.143. The molecule has 4 nitrogen and oxygen atoms in total. The van der Waals surface area contributed by atoms with Gasteiger partial charge in [0.1, 0.15) is 5.52 Å². The molecule has 118 valence electrons. The summed E-state index contributed by atoms with van der Waals surface area (Å²) in [6.07, 6.45) is 0. The lowest BCUT2D eigenvalue weighted by molar-refractivity contribution is -0.118. The topological polar surface area (TPSA) is 54.0 Å². The number of nitrogens with one attached hydrogen (secondary N) is 2. The van der Waals surface area contributed by atoms with E-state index in [1.165, 1.54) is 23.1 Å². The van der Waals surface area contributed by atoms with E-state index in [1.807, 2.05) is 30.3 Å². The zero-order chi connectivity index (χ0) is 16.2. The molecule has 0 atom stereocenters. The van der Waals surface area contributed by atoms with Gasteiger partial charge in [0.15, 0.2) is 0 Å². The first-order valence-corrected chi connectivity index (χ1v) is 9.16. The summed E-state index contributed by atoms with van der Waals surface area (Å²) in [6, 6.07) is 13.2. The number of nitrogens with zero attached hydrogens (tertiary/aromatic N) is 1. The van der Waals surface area contributed by atoms with Crippen LogP contribution in [-0.4, -0.2) is 16.6 Å². The number of hydrazine groups is 1. The van der Waals surface area contributed by atoms with Crippen molar-refractivity contribution in [1.82, 2.24) is 10.4 Å². The van der Waals surface area contributed by atoms with Crippen LogP contribution in [0.25, 0.3) is 10.2 Å². The van der Waals surface area contributed by atoms with Gasteiger partial charge in [-0.3, -0.25) is 15.6 Å². The van der Waals surface area contributed by atoms with Crippen molar-refractivity contribution in [1.29, 1.82) is 0 Å². The number of hydrogen-bond donors (Lipinski definition) is 2. The van der Waals surface area contributed by atoms with Gasteiger partial charge < -0.3 is 0 Å². The second kappa shape index (κ2) is 7.40. The summed E-state index contributed by atoms with van der Waals surface area (Å²) in [5.74, 6) is 0.166. The van der Waals surface area contributed by atoms with Crippen LogP contribution in [0.5, 0.6) is 0 Å². The first kappa shape index (κ1) is 16.4. The average Bonchev–Trinajstić information content (AvgIpc) is 3.01. The minimum absolute atomic E-state index is 0.143. The molecule has 3 aromatic rings. The van der Waals surface area contributed by atoms with Crippen LogP contribution >= 0.6 is 46.3 Å². The van der Waals surface area contributed by atoms with Crippen molar-refractivity contribution in [3.05, 3.63) is 52.5 Å². The Bertz CT molecular complexity index is 800. The van der Waals surface area contributed by atoms with Gasteiger partial charge in [-0.1, -0.05) is 52.7 Å². The molecule has 0 aliphatic carbocycles. The van der Waals surface area contributed by atoms with E-state index >= 15 is 0 Å². The molecule has 23 heavy (non-hydrogen) atoms. The average molecular weight is 384 g/mol. The number of halogens is 2. The monoisotopic (exact) mass is 383 g/mol. The van der Waals surface area contributed by atoms with Crippen LogP contribution in [0.2, 0.25) is 10.0 Å². The van der Waals surface area contributed by atoms with E-state index in [0.717, 1.165) is 9.60 Å². The predicted octanol–water partition coefficient (Wildman–Crippen LogP) is 4.84. The number of carbonyl (C=O) groups excluding carboxylic acids is 1. The number of aromatic nitrogens is 1. The number of hydrogen-bond acceptors (Lipinski definition) is 5. The number of benzene rings is 2. The quantitative estimate of drug-likeness (QED) is 0.488. The van der Waals surface area contributed by atoms with Crippen LogP contribution in [0.3, 0.4) is 0 Å². The number of rotatable bonds is 5. The Morgan fingerprint density at radius 3 is 2.61 bits per heavy atom. The van der Waals surface area contributed by atoms with E-state index in [1.54, 1.807) is 12.1 Å². The van der Waals surface area contributed by atoms with Crippen LogP contribution in [0.1, 0.15) is 0 Å². The highest BCUT2D eigenvalue weighted by molar-refractivity contribution is 8.00. The highest BCUT2D eigenvalue weighted by Gasteiger charge is 2.11. The Morgan fingerprint density at radius 2 is 1.87 bits per heavy atom. The third-order valence-corrected chi connectivity index (χ3v) is 5.62. The minimum Gasteiger partial charge on any atom is -0.273 e. The van der Waals surface area contributed by atoms with E-state index in [4.69, 9.17) is 23.2 Å². The Labute approximate surface area is 151 Å². The second-order valence-corrected chi connectivity index (χ2v) is 7.36. The Morgan fingerprint density at radius 1 is 1.13 bits per heavy atom. The number of thiazole rings is 1. The molecular weight excluding hydrogens is 373 g/mol. The molecule has 1 heterocycles. The number of carbonyl (C=O) groups is 1. The maximum absolute atomic E-state index is 11.9. The zero-order valence-electron chi connectivity index (χ0n) is 11.7. The third-order valence-electron chi connectivity index (χ3n) is 2.87. The smallest absolute Gasteiger partial charge is 0.248 e. The summed E-state index contributed by atoms with van der Waals surface area (Å²) in [4.78, 5) is 17.2. The molecule has 0 aliphatic rings. The molecule has 0 aliphatic heterocycles. The van der Waals surface area contributed by atoms with Crippen molar-refractivity contribution in [3.63, 3.8) is 0 Å². The SMILES string of the molecule is O=C(CSc1ccccc1)NNc1nc2c(Cl)ccc(Cl)c2s1. The number of amides is 1. The normalized spacial score (nSPS) is 10.7. The van der Waals surface area contributed by atoms with Crippen molar-refractivity contribution in [2.75, 3.05) is 11.2 Å². The first-order chi connectivity index (χ1) is 11.1. The molecule has 1 aromatic heterocycles. The molecule has 0 saturated carbocycles. The van der Waals surface area contributed by atoms with Crippen molar-refractivity contribution in [3.8, 4) is 0 Å². The predicted molar refractivity (Wildman–Crippen MR) is 98.6 cm³/mol. The molecular formula is C15H11Cl2N3OS2. The fourth-order valence-corrected chi connectivity index (χ4v) is 3.92. The molecule has 1 amide bonds. The van der Waals surface area contributed by atoms with Crippen molar-refractivity contribution < 1.29 is 4.79 Å². The summed E-state index contributed by atoms with van der Waals surface area (Å²) >= 11 is 15.0. The van der Waals surface area contributed by atoms with Crippen LogP contribution < -0.4 is 10.9 Å². The molecule has 0 saturated heterocycles. The number of anilines is 1. The van der Waals surface area contributed by atoms with Gasteiger partial charge in [0, 0.05) is 4.90 Å². The van der Waals surface area contributed by atoms with E-state index in [2.05, 4.69) is 15.8 Å². The first-order valence-electron chi connectivity index (χ1n) is 6.61. The van der Waals surface area contributed by atoms with E-state index < -0.39 is 0 Å². The fraction of sp³-hybridized carbons (Fsp3) is 0.0667. The molecule has 0 unspecified atom stereocenters. The maximum Gasteiger partial charge on any atom is 0.248 e. The standard InChI is InChI=1S/C15H11Cl2N3OS2/c16-10-6-7-11(17)14-13(10)18-15(23-14)20-19-12(21)8-22-9-4-2-1-3-5-9/h1-7H,8H2,(H,18,20)(H,19,21). The van der Waals surface area contributed by atoms with Crippen LogP contribution in [0.4, 0.5) is 5.13 Å². The Balaban J connectivity index is 1.59. The highest BCUT2D eigenvalue weighted by atomic mass is 35.5. The lowest BCUT2D eigenvalue weighted by atomic mass is 10.3. The summed E-state index contributed by atoms with van der Waals surface area (Å²) in [5, 5.41) is 1.65. The Hall–Kier alpha value is -1.47. The van der Waals surface area contributed by atoms with Crippen LogP contribution in [0, 0.1) is 0 Å². The van der Waals surface area contributed by atoms with Crippen molar-refractivity contribution in [2.24, 2.45) is 0 Å². The summed E-state index contributed by atoms with van der Waals surface area (Å²) in [5.41, 5.74) is 6.05. The van der Waals surface area contributed by atoms with Gasteiger partial charge in [0.2, 0.25) is 11.0 Å². The highest BCUT2D eigenvalue weighted by Crippen LogP contribution is 2.35. The lowest BCUT2D eigenvalue weighted by Crippen LogP contribution is -2.30. The van der Waals surface area contributed by atoms with Gasteiger partial charge in [0.25, 0.3) is 0 Å². The molecule has 0 radical (unpaired) electrons. The Kier molecular flexibility index (Phi) is 5.27. The van der Waals surface area contributed by atoms with Gasteiger partial charge in [-0.2, -0.15) is 0 Å². The molecule has 0 spiro atoms. The molecule has 8 heteroatoms. The van der Waals surface area contributed by atoms with Gasteiger partial charge in [0.05, 0.1) is 20.5 Å². The van der Waals surface area contributed by atoms with Gasteiger partial charge in [-0.15, -0.1) is 11.8 Å². The molecule has 0 fully saturated rings. The van der Waals surface area contributed by atoms with E-state index in [0.29, 0.717) is 26.4 Å².